The van der Waals surface area contributed by atoms with Gasteiger partial charge in [0.05, 0.1) is 12.7 Å². The summed E-state index contributed by atoms with van der Waals surface area (Å²) in [6.07, 6.45) is 0.789. The minimum absolute atomic E-state index is 0.133. The SMILES string of the molecule is COC(=O)c1ccc(C=C(C)C(=O)OCC(O)CNc2ccc(Nc3ccccc3)cc2)cc1. The number of nitrogens with one attached hydrogen (secondary N) is 2. The Kier molecular flexibility index (Phi) is 8.82. The van der Waals surface area contributed by atoms with Gasteiger partial charge in [0.25, 0.3) is 0 Å². The number of esters is 2. The third kappa shape index (κ3) is 7.50. The van der Waals surface area contributed by atoms with E-state index in [0.29, 0.717) is 11.1 Å². The molecule has 3 N–H and O–H groups in total. The summed E-state index contributed by atoms with van der Waals surface area (Å²) in [5, 5.41) is 16.6. The van der Waals surface area contributed by atoms with Crippen molar-refractivity contribution in [1.29, 1.82) is 0 Å². The van der Waals surface area contributed by atoms with Gasteiger partial charge >= 0.3 is 11.9 Å². The highest BCUT2D eigenvalue weighted by atomic mass is 16.5. The third-order valence-electron chi connectivity index (χ3n) is 4.93. The van der Waals surface area contributed by atoms with Crippen molar-refractivity contribution in [1.82, 2.24) is 0 Å². The van der Waals surface area contributed by atoms with Crippen LogP contribution in [0.1, 0.15) is 22.8 Å². The Morgan fingerprint density at radius 2 is 1.53 bits per heavy atom. The van der Waals surface area contributed by atoms with E-state index in [4.69, 9.17) is 4.74 Å². The summed E-state index contributed by atoms with van der Waals surface area (Å²) in [7, 11) is 1.32. The molecule has 0 radical (unpaired) electrons. The highest BCUT2D eigenvalue weighted by Crippen LogP contribution is 2.18. The second-order valence-electron chi connectivity index (χ2n) is 7.64. The number of hydrogen-bond acceptors (Lipinski definition) is 7. The van der Waals surface area contributed by atoms with Gasteiger partial charge in [0.15, 0.2) is 0 Å². The van der Waals surface area contributed by atoms with E-state index in [2.05, 4.69) is 15.4 Å². The van der Waals surface area contributed by atoms with Crippen molar-refractivity contribution in [2.75, 3.05) is 30.9 Å². The van der Waals surface area contributed by atoms with Crippen molar-refractivity contribution >= 4 is 35.1 Å². The quantitative estimate of drug-likeness (QED) is 0.300. The van der Waals surface area contributed by atoms with Crippen molar-refractivity contribution in [2.45, 2.75) is 13.0 Å². The number of carbonyl (C=O) groups excluding carboxylic acids is 2. The summed E-state index contributed by atoms with van der Waals surface area (Å²) in [5.41, 5.74) is 4.35. The van der Waals surface area contributed by atoms with E-state index < -0.39 is 18.0 Å². The highest BCUT2D eigenvalue weighted by Gasteiger charge is 2.11. The van der Waals surface area contributed by atoms with Gasteiger partial charge in [0, 0.05) is 29.2 Å². The van der Waals surface area contributed by atoms with Gasteiger partial charge < -0.3 is 25.2 Å². The van der Waals surface area contributed by atoms with Gasteiger partial charge in [0.2, 0.25) is 0 Å². The highest BCUT2D eigenvalue weighted by molar-refractivity contribution is 5.93. The Bertz CT molecular complexity index is 1110. The summed E-state index contributed by atoms with van der Waals surface area (Å²) in [6, 6.07) is 24.2. The van der Waals surface area contributed by atoms with E-state index in [1.807, 2.05) is 54.6 Å². The van der Waals surface area contributed by atoms with Crippen LogP contribution in [0.3, 0.4) is 0 Å². The first-order valence-corrected chi connectivity index (χ1v) is 10.8. The van der Waals surface area contributed by atoms with Crippen molar-refractivity contribution in [2.24, 2.45) is 0 Å². The predicted octanol–water partition coefficient (Wildman–Crippen LogP) is 4.64. The number of aliphatic hydroxyl groups excluding tert-OH is 1. The van der Waals surface area contributed by atoms with Crippen molar-refractivity contribution in [3.8, 4) is 0 Å². The molecule has 3 rings (SSSR count). The molecule has 0 heterocycles. The zero-order valence-electron chi connectivity index (χ0n) is 19.2. The lowest BCUT2D eigenvalue weighted by Gasteiger charge is -2.14. The first-order chi connectivity index (χ1) is 16.4. The zero-order valence-corrected chi connectivity index (χ0v) is 19.2. The first-order valence-electron chi connectivity index (χ1n) is 10.8. The van der Waals surface area contributed by atoms with Crippen LogP contribution in [-0.2, 0) is 14.3 Å². The van der Waals surface area contributed by atoms with Crippen LogP contribution in [0.25, 0.3) is 6.08 Å². The van der Waals surface area contributed by atoms with Crippen LogP contribution in [-0.4, -0.2) is 43.4 Å². The molecule has 3 aromatic rings. The number of benzene rings is 3. The predicted molar refractivity (Wildman–Crippen MR) is 133 cm³/mol. The third-order valence-corrected chi connectivity index (χ3v) is 4.93. The minimum Gasteiger partial charge on any atom is -0.465 e. The molecule has 0 amide bonds. The Labute approximate surface area is 199 Å². The molecule has 0 bridgehead atoms. The van der Waals surface area contributed by atoms with Crippen LogP contribution in [0.5, 0.6) is 0 Å². The summed E-state index contributed by atoms with van der Waals surface area (Å²) in [6.45, 7) is 1.73. The second-order valence-corrected chi connectivity index (χ2v) is 7.64. The monoisotopic (exact) mass is 460 g/mol. The number of carbonyl (C=O) groups is 2. The van der Waals surface area contributed by atoms with E-state index >= 15 is 0 Å². The van der Waals surface area contributed by atoms with E-state index in [1.165, 1.54) is 7.11 Å². The van der Waals surface area contributed by atoms with Crippen LogP contribution in [0.4, 0.5) is 17.1 Å². The van der Waals surface area contributed by atoms with Crippen LogP contribution >= 0.6 is 0 Å². The maximum absolute atomic E-state index is 12.2. The zero-order chi connectivity index (χ0) is 24.3. The molecule has 0 fully saturated rings. The summed E-state index contributed by atoms with van der Waals surface area (Å²) >= 11 is 0. The molecule has 0 aliphatic carbocycles. The van der Waals surface area contributed by atoms with Gasteiger partial charge in [-0.3, -0.25) is 0 Å². The van der Waals surface area contributed by atoms with Gasteiger partial charge in [-0.05, 0) is 67.1 Å². The van der Waals surface area contributed by atoms with Gasteiger partial charge in [0.1, 0.15) is 12.7 Å². The Morgan fingerprint density at radius 3 is 2.18 bits per heavy atom. The Morgan fingerprint density at radius 1 is 0.912 bits per heavy atom. The number of para-hydroxylation sites is 1. The molecular weight excluding hydrogens is 432 g/mol. The summed E-state index contributed by atoms with van der Waals surface area (Å²) < 4.78 is 9.87. The molecular formula is C27H28N2O5. The molecule has 0 aliphatic rings. The minimum atomic E-state index is -0.863. The Hall–Kier alpha value is -4.10. The maximum Gasteiger partial charge on any atom is 0.337 e. The first kappa shape index (κ1) is 24.5. The van der Waals surface area contributed by atoms with E-state index in [9.17, 15) is 14.7 Å². The average Bonchev–Trinajstić information content (AvgIpc) is 2.87. The van der Waals surface area contributed by atoms with E-state index in [1.54, 1.807) is 37.3 Å². The van der Waals surface area contributed by atoms with Gasteiger partial charge in [-0.2, -0.15) is 0 Å². The average molecular weight is 461 g/mol. The van der Waals surface area contributed by atoms with E-state index in [-0.39, 0.29) is 13.2 Å². The number of hydrogen-bond donors (Lipinski definition) is 3. The van der Waals surface area contributed by atoms with Crippen molar-refractivity contribution in [3.05, 3.63) is 95.6 Å². The normalized spacial score (nSPS) is 11.9. The van der Waals surface area contributed by atoms with Crippen molar-refractivity contribution in [3.63, 3.8) is 0 Å². The molecule has 1 atom stereocenters. The lowest BCUT2D eigenvalue weighted by atomic mass is 10.1. The number of rotatable bonds is 10. The molecule has 0 aliphatic heterocycles. The lowest BCUT2D eigenvalue weighted by molar-refractivity contribution is -0.141. The molecule has 34 heavy (non-hydrogen) atoms. The maximum atomic E-state index is 12.2. The van der Waals surface area contributed by atoms with Crippen LogP contribution < -0.4 is 10.6 Å². The fraction of sp³-hybridized carbons (Fsp3) is 0.185. The fourth-order valence-electron chi connectivity index (χ4n) is 3.08. The van der Waals surface area contributed by atoms with Crippen LogP contribution in [0.2, 0.25) is 0 Å². The van der Waals surface area contributed by atoms with Crippen molar-refractivity contribution < 1.29 is 24.2 Å². The molecule has 0 aromatic heterocycles. The number of aliphatic hydroxyl groups is 1. The molecule has 1 unspecified atom stereocenters. The molecule has 0 saturated carbocycles. The van der Waals surface area contributed by atoms with Gasteiger partial charge in [-0.1, -0.05) is 30.3 Å². The number of methoxy groups -OCH3 is 1. The number of anilines is 3. The van der Waals surface area contributed by atoms with Crippen LogP contribution in [0.15, 0.2) is 84.4 Å². The largest absolute Gasteiger partial charge is 0.465 e. The molecule has 7 nitrogen and oxygen atoms in total. The topological polar surface area (TPSA) is 96.9 Å². The molecule has 0 saturated heterocycles. The Balaban J connectivity index is 1.42. The number of ether oxygens (including phenoxy) is 2. The van der Waals surface area contributed by atoms with Crippen LogP contribution in [0, 0.1) is 0 Å². The summed E-state index contributed by atoms with van der Waals surface area (Å²) in [4.78, 5) is 23.7. The van der Waals surface area contributed by atoms with E-state index in [0.717, 1.165) is 22.6 Å². The molecule has 176 valence electrons. The summed E-state index contributed by atoms with van der Waals surface area (Å²) in [5.74, 6) is -0.943. The fourth-order valence-corrected chi connectivity index (χ4v) is 3.08. The molecule has 0 spiro atoms. The smallest absolute Gasteiger partial charge is 0.337 e. The molecule has 3 aromatic carbocycles. The van der Waals surface area contributed by atoms with Gasteiger partial charge in [-0.25, -0.2) is 9.59 Å². The molecule has 7 heteroatoms. The standard InChI is InChI=1S/C27H28N2O5/c1-19(16-20-8-10-21(11-9-20)27(32)33-2)26(31)34-18-25(30)17-28-22-12-14-24(15-13-22)29-23-6-4-3-5-7-23/h3-16,25,28-30H,17-18H2,1-2H3. The van der Waals surface area contributed by atoms with Gasteiger partial charge in [-0.15, -0.1) is 0 Å². The second kappa shape index (κ2) is 12.2. The lowest BCUT2D eigenvalue weighted by Crippen LogP contribution is -2.26.